The average molecular weight is 369 g/mol. The first-order valence-electron chi connectivity index (χ1n) is 8.85. The molecule has 4 nitrogen and oxygen atoms in total. The Morgan fingerprint density at radius 2 is 1.88 bits per heavy atom. The van der Waals surface area contributed by atoms with Gasteiger partial charge in [0.2, 0.25) is 5.91 Å². The Hall–Kier alpha value is -2.05. The van der Waals surface area contributed by atoms with E-state index in [4.69, 9.17) is 0 Å². The minimum Gasteiger partial charge on any atom is -0.481 e. The van der Waals surface area contributed by atoms with Crippen LogP contribution >= 0.6 is 0 Å². The van der Waals surface area contributed by atoms with E-state index in [1.54, 1.807) is 6.92 Å². The van der Waals surface area contributed by atoms with Crippen LogP contribution in [0.1, 0.15) is 43.2 Å². The number of halogens is 3. The van der Waals surface area contributed by atoms with Crippen molar-refractivity contribution in [3.8, 4) is 0 Å². The highest BCUT2D eigenvalue weighted by Gasteiger charge is 2.47. The minimum atomic E-state index is -4.47. The van der Waals surface area contributed by atoms with Gasteiger partial charge in [0.15, 0.2) is 0 Å². The molecular formula is C19H22F3NO3. The molecule has 1 aliphatic heterocycles. The summed E-state index contributed by atoms with van der Waals surface area (Å²) in [6.07, 6.45) is -2.54. The molecule has 1 amide bonds. The number of rotatable bonds is 5. The van der Waals surface area contributed by atoms with Gasteiger partial charge in [-0.15, -0.1) is 0 Å². The first-order chi connectivity index (χ1) is 12.2. The number of hydrogen-bond acceptors (Lipinski definition) is 2. The van der Waals surface area contributed by atoms with Crippen molar-refractivity contribution in [3.63, 3.8) is 0 Å². The first kappa shape index (κ1) is 18.7. The van der Waals surface area contributed by atoms with Gasteiger partial charge in [-0.1, -0.05) is 25.1 Å². The van der Waals surface area contributed by atoms with Crippen molar-refractivity contribution < 1.29 is 27.9 Å². The van der Waals surface area contributed by atoms with E-state index in [0.717, 1.165) is 18.9 Å². The van der Waals surface area contributed by atoms with Gasteiger partial charge >= 0.3 is 12.1 Å². The summed E-state index contributed by atoms with van der Waals surface area (Å²) in [4.78, 5) is 25.6. The maximum atomic E-state index is 13.2. The van der Waals surface area contributed by atoms with E-state index < -0.39 is 29.5 Å². The van der Waals surface area contributed by atoms with Gasteiger partial charge in [0.1, 0.15) is 0 Å². The molecular weight excluding hydrogens is 347 g/mol. The summed E-state index contributed by atoms with van der Waals surface area (Å²) in [6, 6.07) is 5.29. The Morgan fingerprint density at radius 3 is 2.46 bits per heavy atom. The number of nitrogens with zero attached hydrogens (tertiary/aromatic N) is 1. The lowest BCUT2D eigenvalue weighted by atomic mass is 9.92. The average Bonchev–Trinajstić information content (AvgIpc) is 3.31. The molecule has 1 saturated carbocycles. The van der Waals surface area contributed by atoms with E-state index in [9.17, 15) is 27.9 Å². The second kappa shape index (κ2) is 6.93. The molecule has 2 aliphatic rings. The third-order valence-electron chi connectivity index (χ3n) is 5.54. The molecule has 3 rings (SSSR count). The number of carbonyl (C=O) groups is 2. The van der Waals surface area contributed by atoms with Gasteiger partial charge in [0.05, 0.1) is 11.5 Å². The molecule has 0 spiro atoms. The van der Waals surface area contributed by atoms with E-state index in [1.165, 1.54) is 23.1 Å². The van der Waals surface area contributed by atoms with E-state index >= 15 is 0 Å². The van der Waals surface area contributed by atoms with Gasteiger partial charge in [-0.3, -0.25) is 9.59 Å². The number of alkyl halides is 3. The highest BCUT2D eigenvalue weighted by Crippen LogP contribution is 2.44. The number of benzene rings is 1. The SMILES string of the molecule is CC(CC(=O)N1C[C@H](C(=O)O)[C@@H](C2CC2)C1)c1ccccc1C(F)(F)F. The molecule has 1 aromatic carbocycles. The van der Waals surface area contributed by atoms with Gasteiger partial charge < -0.3 is 10.0 Å². The predicted molar refractivity (Wildman–Crippen MR) is 88.4 cm³/mol. The zero-order valence-electron chi connectivity index (χ0n) is 14.5. The van der Waals surface area contributed by atoms with Crippen LogP contribution in [0.2, 0.25) is 0 Å². The van der Waals surface area contributed by atoms with Gasteiger partial charge in [-0.25, -0.2) is 0 Å². The summed E-state index contributed by atoms with van der Waals surface area (Å²) < 4.78 is 39.5. The lowest BCUT2D eigenvalue weighted by Gasteiger charge is -2.21. The Kier molecular flexibility index (Phi) is 4.99. The second-order valence-electron chi connectivity index (χ2n) is 7.43. The van der Waals surface area contributed by atoms with Crippen molar-refractivity contribution in [2.45, 2.75) is 38.3 Å². The van der Waals surface area contributed by atoms with Gasteiger partial charge in [-0.05, 0) is 42.2 Å². The number of amides is 1. The largest absolute Gasteiger partial charge is 0.481 e. The molecule has 1 heterocycles. The van der Waals surface area contributed by atoms with Gasteiger partial charge in [-0.2, -0.15) is 13.2 Å². The Labute approximate surface area is 150 Å². The number of carboxylic acids is 1. The van der Waals surface area contributed by atoms with Crippen molar-refractivity contribution in [2.24, 2.45) is 17.8 Å². The fourth-order valence-electron chi connectivity index (χ4n) is 3.98. The van der Waals surface area contributed by atoms with Crippen LogP contribution in [0.15, 0.2) is 24.3 Å². The molecule has 3 atom stereocenters. The third-order valence-corrected chi connectivity index (χ3v) is 5.54. The lowest BCUT2D eigenvalue weighted by molar-refractivity contribution is -0.143. The molecule has 1 saturated heterocycles. The maximum absolute atomic E-state index is 13.2. The van der Waals surface area contributed by atoms with E-state index in [2.05, 4.69) is 0 Å². The summed E-state index contributed by atoms with van der Waals surface area (Å²) in [5.41, 5.74) is -0.623. The monoisotopic (exact) mass is 369 g/mol. The van der Waals surface area contributed by atoms with E-state index in [-0.39, 0.29) is 30.4 Å². The van der Waals surface area contributed by atoms with Crippen LogP contribution in [0, 0.1) is 17.8 Å². The molecule has 142 valence electrons. The van der Waals surface area contributed by atoms with E-state index in [1.807, 2.05) is 0 Å². The zero-order chi connectivity index (χ0) is 19.1. The topological polar surface area (TPSA) is 57.6 Å². The minimum absolute atomic E-state index is 0.0331. The zero-order valence-corrected chi connectivity index (χ0v) is 14.5. The molecule has 0 radical (unpaired) electrons. The number of carbonyl (C=O) groups excluding carboxylic acids is 1. The molecule has 0 bridgehead atoms. The van der Waals surface area contributed by atoms with Gasteiger partial charge in [0, 0.05) is 19.5 Å². The van der Waals surface area contributed by atoms with Crippen molar-refractivity contribution in [1.29, 1.82) is 0 Å². The maximum Gasteiger partial charge on any atom is 0.416 e. The van der Waals surface area contributed by atoms with Crippen LogP contribution in [0.25, 0.3) is 0 Å². The second-order valence-corrected chi connectivity index (χ2v) is 7.43. The molecule has 1 N–H and O–H groups in total. The summed E-state index contributed by atoms with van der Waals surface area (Å²) in [5.74, 6) is -2.00. The van der Waals surface area contributed by atoms with Crippen LogP contribution < -0.4 is 0 Å². The number of carboxylic acid groups (broad SMARTS) is 1. The molecule has 0 aromatic heterocycles. The third kappa shape index (κ3) is 3.86. The molecule has 1 unspecified atom stereocenters. The van der Waals surface area contributed by atoms with Crippen molar-refractivity contribution in [3.05, 3.63) is 35.4 Å². The molecule has 1 aromatic rings. The molecule has 2 fully saturated rings. The van der Waals surface area contributed by atoms with Crippen LogP contribution in [0.4, 0.5) is 13.2 Å². The smallest absolute Gasteiger partial charge is 0.416 e. The van der Waals surface area contributed by atoms with Crippen molar-refractivity contribution >= 4 is 11.9 Å². The summed E-state index contributed by atoms with van der Waals surface area (Å²) in [6.45, 7) is 2.16. The fourth-order valence-corrected chi connectivity index (χ4v) is 3.98. The number of likely N-dealkylation sites (tertiary alicyclic amines) is 1. The fraction of sp³-hybridized carbons (Fsp3) is 0.579. The summed E-state index contributed by atoms with van der Waals surface area (Å²) >= 11 is 0. The number of hydrogen-bond donors (Lipinski definition) is 1. The lowest BCUT2D eigenvalue weighted by Crippen LogP contribution is -2.31. The van der Waals surface area contributed by atoms with E-state index in [0.29, 0.717) is 12.5 Å². The van der Waals surface area contributed by atoms with Crippen LogP contribution in [0.3, 0.4) is 0 Å². The van der Waals surface area contributed by atoms with Crippen LogP contribution in [-0.2, 0) is 15.8 Å². The van der Waals surface area contributed by atoms with Crippen LogP contribution in [0.5, 0.6) is 0 Å². The first-order valence-corrected chi connectivity index (χ1v) is 8.85. The predicted octanol–water partition coefficient (Wildman–Crippen LogP) is 3.77. The highest BCUT2D eigenvalue weighted by molar-refractivity contribution is 5.79. The van der Waals surface area contributed by atoms with Gasteiger partial charge in [0.25, 0.3) is 0 Å². The molecule has 7 heteroatoms. The molecule has 26 heavy (non-hydrogen) atoms. The Balaban J connectivity index is 1.70. The quantitative estimate of drug-likeness (QED) is 0.860. The van der Waals surface area contributed by atoms with Crippen molar-refractivity contribution in [2.75, 3.05) is 13.1 Å². The normalized spacial score (nSPS) is 24.5. The summed E-state index contributed by atoms with van der Waals surface area (Å²) in [5, 5.41) is 9.38. The van der Waals surface area contributed by atoms with Crippen molar-refractivity contribution in [1.82, 2.24) is 4.90 Å². The Bertz CT molecular complexity index is 700. The number of aliphatic carboxylic acids is 1. The Morgan fingerprint density at radius 1 is 1.23 bits per heavy atom. The highest BCUT2D eigenvalue weighted by atomic mass is 19.4. The molecule has 1 aliphatic carbocycles. The van der Waals surface area contributed by atoms with Crippen LogP contribution in [-0.4, -0.2) is 35.0 Å². The standard InChI is InChI=1S/C19H22F3NO3/c1-11(13-4-2-3-5-16(13)19(20,21)22)8-17(24)23-9-14(12-6-7-12)15(10-23)18(25)26/h2-5,11-12,14-15H,6-10H2,1H3,(H,25,26)/t11?,14-,15+/m1/s1. The summed E-state index contributed by atoms with van der Waals surface area (Å²) in [7, 11) is 0.